The summed E-state index contributed by atoms with van der Waals surface area (Å²) in [7, 11) is 0. The number of aromatic nitrogens is 1. The fourth-order valence-electron chi connectivity index (χ4n) is 3.12. The van der Waals surface area contributed by atoms with Crippen molar-refractivity contribution >= 4 is 22.4 Å². The zero-order valence-electron chi connectivity index (χ0n) is 13.1. The van der Waals surface area contributed by atoms with Gasteiger partial charge in [-0.3, -0.25) is 4.79 Å². The highest BCUT2D eigenvalue weighted by molar-refractivity contribution is 5.99. The largest absolute Gasteiger partial charge is 0.357 e. The van der Waals surface area contributed by atoms with Crippen molar-refractivity contribution in [1.82, 2.24) is 9.88 Å². The molecule has 0 saturated heterocycles. The number of carbonyl (C=O) groups is 1. The van der Waals surface area contributed by atoms with E-state index in [0.29, 0.717) is 35.1 Å². The number of rotatable bonds is 2. The first-order chi connectivity index (χ1) is 11.5. The van der Waals surface area contributed by atoms with Crippen LogP contribution in [-0.2, 0) is 4.79 Å². The summed E-state index contributed by atoms with van der Waals surface area (Å²) in [5.41, 5.74) is 1.74. The van der Waals surface area contributed by atoms with Crippen LogP contribution >= 0.6 is 0 Å². The molecular formula is C18H15F2N3O. The van der Waals surface area contributed by atoms with E-state index in [1.807, 2.05) is 6.07 Å². The Morgan fingerprint density at radius 3 is 2.92 bits per heavy atom. The lowest BCUT2D eigenvalue weighted by molar-refractivity contribution is -0.125. The number of nitrogens with one attached hydrogen (secondary N) is 1. The van der Waals surface area contributed by atoms with Gasteiger partial charge in [0.1, 0.15) is 6.07 Å². The van der Waals surface area contributed by atoms with Gasteiger partial charge in [0.15, 0.2) is 11.6 Å². The van der Waals surface area contributed by atoms with Crippen LogP contribution in [-0.4, -0.2) is 28.9 Å². The topological polar surface area (TPSA) is 59.9 Å². The normalized spacial score (nSPS) is 14.4. The first-order valence-corrected chi connectivity index (χ1v) is 7.49. The molecule has 0 saturated carbocycles. The van der Waals surface area contributed by atoms with Gasteiger partial charge >= 0.3 is 0 Å². The lowest BCUT2D eigenvalue weighted by Crippen LogP contribution is -2.34. The fourth-order valence-corrected chi connectivity index (χ4v) is 3.12. The summed E-state index contributed by atoms with van der Waals surface area (Å²) >= 11 is 0. The lowest BCUT2D eigenvalue weighted by atomic mass is 9.94. The smallest absolute Gasteiger partial charge is 0.246 e. The van der Waals surface area contributed by atoms with Gasteiger partial charge in [-0.2, -0.15) is 5.26 Å². The molecule has 2 heterocycles. The van der Waals surface area contributed by atoms with Gasteiger partial charge in [0.25, 0.3) is 0 Å². The molecule has 0 fully saturated rings. The maximum Gasteiger partial charge on any atom is 0.246 e. The maximum atomic E-state index is 14.6. The number of carbonyl (C=O) groups excluding carboxylic acids is 1. The first-order valence-electron chi connectivity index (χ1n) is 7.49. The number of hydrogen-bond acceptors (Lipinski definition) is 2. The standard InChI is InChI=1S/C18H15F2N3O/c1-3-15(24)23-6-4-5-11(9-23)16-17-12(8-21)10(2)22-14(17)7-13(19)18(16)20/h3,5,7,22H,1,4,6,9H2,2H3. The van der Waals surface area contributed by atoms with E-state index in [1.165, 1.54) is 11.0 Å². The van der Waals surface area contributed by atoms with Gasteiger partial charge in [0.2, 0.25) is 5.91 Å². The highest BCUT2D eigenvalue weighted by atomic mass is 19.2. The number of fused-ring (bicyclic) bond motifs is 1. The van der Waals surface area contributed by atoms with E-state index >= 15 is 0 Å². The van der Waals surface area contributed by atoms with E-state index in [1.54, 1.807) is 13.0 Å². The van der Waals surface area contributed by atoms with Crippen molar-refractivity contribution in [3.8, 4) is 6.07 Å². The van der Waals surface area contributed by atoms with Gasteiger partial charge in [-0.15, -0.1) is 0 Å². The minimum atomic E-state index is -1.00. The van der Waals surface area contributed by atoms with Crippen molar-refractivity contribution in [3.05, 3.63) is 53.3 Å². The molecule has 0 unspecified atom stereocenters. The van der Waals surface area contributed by atoms with Crippen LogP contribution in [0.25, 0.3) is 16.5 Å². The average Bonchev–Trinajstić information content (AvgIpc) is 2.89. The molecule has 1 aliphatic heterocycles. The first kappa shape index (κ1) is 15.9. The number of benzene rings is 1. The molecule has 1 aromatic heterocycles. The third kappa shape index (κ3) is 2.38. The van der Waals surface area contributed by atoms with E-state index < -0.39 is 11.6 Å². The van der Waals surface area contributed by atoms with Crippen LogP contribution in [0.2, 0.25) is 0 Å². The predicted octanol–water partition coefficient (Wildman–Crippen LogP) is 3.43. The van der Waals surface area contributed by atoms with Crippen molar-refractivity contribution in [3.63, 3.8) is 0 Å². The molecule has 0 aliphatic carbocycles. The highest BCUT2D eigenvalue weighted by Crippen LogP contribution is 2.35. The van der Waals surface area contributed by atoms with E-state index in [2.05, 4.69) is 11.6 Å². The van der Waals surface area contributed by atoms with Crippen LogP contribution in [0.3, 0.4) is 0 Å². The third-order valence-electron chi connectivity index (χ3n) is 4.24. The number of halogens is 2. The van der Waals surface area contributed by atoms with E-state index in [0.717, 1.165) is 6.07 Å². The molecule has 4 nitrogen and oxygen atoms in total. The Labute approximate surface area is 137 Å². The van der Waals surface area contributed by atoms with Crippen LogP contribution in [0.4, 0.5) is 8.78 Å². The Morgan fingerprint density at radius 1 is 1.50 bits per heavy atom. The molecule has 1 aliphatic rings. The minimum Gasteiger partial charge on any atom is -0.357 e. The quantitative estimate of drug-likeness (QED) is 0.859. The summed E-state index contributed by atoms with van der Waals surface area (Å²) in [6, 6.07) is 3.10. The predicted molar refractivity (Wildman–Crippen MR) is 87.0 cm³/mol. The van der Waals surface area contributed by atoms with Crippen LogP contribution in [0.15, 0.2) is 24.8 Å². The minimum absolute atomic E-state index is 0.0486. The summed E-state index contributed by atoms with van der Waals surface area (Å²) in [5, 5.41) is 9.74. The number of nitriles is 1. The third-order valence-corrected chi connectivity index (χ3v) is 4.24. The summed E-state index contributed by atoms with van der Waals surface area (Å²) in [4.78, 5) is 16.3. The van der Waals surface area contributed by atoms with E-state index in [9.17, 15) is 18.8 Å². The van der Waals surface area contributed by atoms with Gasteiger partial charge in [-0.25, -0.2) is 8.78 Å². The Bertz CT molecular complexity index is 934. The average molecular weight is 327 g/mol. The highest BCUT2D eigenvalue weighted by Gasteiger charge is 2.25. The van der Waals surface area contributed by atoms with Crippen molar-refractivity contribution in [1.29, 1.82) is 5.26 Å². The summed E-state index contributed by atoms with van der Waals surface area (Å²) in [6.07, 6.45) is 3.51. The second-order valence-electron chi connectivity index (χ2n) is 5.69. The SMILES string of the molecule is C=CC(=O)N1CCC=C(c2c(F)c(F)cc3[nH]c(C)c(C#N)c23)C1. The van der Waals surface area contributed by atoms with Gasteiger partial charge in [0.05, 0.1) is 11.1 Å². The molecule has 122 valence electrons. The molecule has 1 N–H and O–H groups in total. The Kier molecular flexibility index (Phi) is 3.94. The van der Waals surface area contributed by atoms with Gasteiger partial charge in [-0.1, -0.05) is 12.7 Å². The Hall–Kier alpha value is -2.94. The van der Waals surface area contributed by atoms with Crippen molar-refractivity contribution in [2.75, 3.05) is 13.1 Å². The van der Waals surface area contributed by atoms with Crippen LogP contribution < -0.4 is 0 Å². The molecule has 3 rings (SSSR count). The van der Waals surface area contributed by atoms with Crippen LogP contribution in [0.1, 0.15) is 23.2 Å². The molecule has 0 radical (unpaired) electrons. The number of aromatic amines is 1. The van der Waals surface area contributed by atoms with Crippen LogP contribution in [0.5, 0.6) is 0 Å². The van der Waals surface area contributed by atoms with Gasteiger partial charge in [0, 0.05) is 35.8 Å². The zero-order valence-corrected chi connectivity index (χ0v) is 13.1. The summed E-state index contributed by atoms with van der Waals surface area (Å²) < 4.78 is 28.6. The molecule has 0 spiro atoms. The van der Waals surface area contributed by atoms with E-state index in [4.69, 9.17) is 0 Å². The second-order valence-corrected chi connectivity index (χ2v) is 5.69. The van der Waals surface area contributed by atoms with Crippen molar-refractivity contribution in [2.45, 2.75) is 13.3 Å². The fraction of sp³-hybridized carbons (Fsp3) is 0.222. The number of aryl methyl sites for hydroxylation is 1. The second kappa shape index (κ2) is 5.93. The van der Waals surface area contributed by atoms with E-state index in [-0.39, 0.29) is 23.6 Å². The Morgan fingerprint density at radius 2 is 2.25 bits per heavy atom. The molecule has 0 bridgehead atoms. The van der Waals surface area contributed by atoms with Gasteiger partial charge < -0.3 is 9.88 Å². The molecule has 6 heteroatoms. The monoisotopic (exact) mass is 327 g/mol. The lowest BCUT2D eigenvalue weighted by Gasteiger charge is -2.27. The van der Waals surface area contributed by atoms with Crippen molar-refractivity contribution < 1.29 is 13.6 Å². The molecule has 24 heavy (non-hydrogen) atoms. The number of hydrogen-bond donors (Lipinski definition) is 1. The number of nitrogens with zero attached hydrogens (tertiary/aromatic N) is 2. The van der Waals surface area contributed by atoms with Crippen molar-refractivity contribution in [2.24, 2.45) is 0 Å². The molecule has 2 aromatic rings. The summed E-state index contributed by atoms with van der Waals surface area (Å²) in [5.74, 6) is -2.26. The molecular weight excluding hydrogens is 312 g/mol. The number of H-pyrrole nitrogens is 1. The number of amides is 1. The molecule has 0 atom stereocenters. The van der Waals surface area contributed by atoms with Gasteiger partial charge in [-0.05, 0) is 25.0 Å². The molecule has 1 aromatic carbocycles. The summed E-state index contributed by atoms with van der Waals surface area (Å²) in [6.45, 7) is 5.77. The molecule has 1 amide bonds. The Balaban J connectivity index is 2.24. The maximum absolute atomic E-state index is 14.6. The van der Waals surface area contributed by atoms with Crippen LogP contribution in [0, 0.1) is 29.9 Å². The zero-order chi connectivity index (χ0) is 17.4.